The summed E-state index contributed by atoms with van der Waals surface area (Å²) in [5.74, 6) is 1.43. The monoisotopic (exact) mass is 504 g/mol. The fourth-order valence-corrected chi connectivity index (χ4v) is 5.04. The molecule has 8 heteroatoms. The average molecular weight is 505 g/mol. The topological polar surface area (TPSA) is 90.2 Å². The zero-order chi connectivity index (χ0) is 25.6. The van der Waals surface area contributed by atoms with Crippen molar-refractivity contribution in [1.82, 2.24) is 10.2 Å². The SMILES string of the molecule is COc1ccccc1CN(C(=O)C1COc2ccccc2O1)C(C(=O)NC1CCCCC1)c1ccco1. The number of hydrogen-bond acceptors (Lipinski definition) is 6. The van der Waals surface area contributed by atoms with Gasteiger partial charge >= 0.3 is 0 Å². The predicted octanol–water partition coefficient (Wildman–Crippen LogP) is 4.65. The van der Waals surface area contributed by atoms with E-state index in [1.165, 1.54) is 17.6 Å². The minimum absolute atomic E-state index is 0.0351. The highest BCUT2D eigenvalue weighted by Crippen LogP contribution is 2.34. The van der Waals surface area contributed by atoms with Crippen LogP contribution in [0.5, 0.6) is 17.2 Å². The second kappa shape index (κ2) is 11.4. The molecule has 0 spiro atoms. The molecule has 194 valence electrons. The van der Waals surface area contributed by atoms with E-state index < -0.39 is 12.1 Å². The first-order valence-electron chi connectivity index (χ1n) is 12.8. The molecule has 3 aromatic rings. The van der Waals surface area contributed by atoms with Crippen LogP contribution in [0.15, 0.2) is 71.3 Å². The van der Waals surface area contributed by atoms with Crippen molar-refractivity contribution < 1.29 is 28.2 Å². The molecule has 37 heavy (non-hydrogen) atoms. The number of methoxy groups -OCH3 is 1. The smallest absolute Gasteiger partial charge is 0.268 e. The number of hydrogen-bond donors (Lipinski definition) is 1. The maximum Gasteiger partial charge on any atom is 0.268 e. The molecular weight excluding hydrogens is 472 g/mol. The van der Waals surface area contributed by atoms with Crippen molar-refractivity contribution in [3.8, 4) is 17.2 Å². The lowest BCUT2D eigenvalue weighted by atomic mass is 9.95. The van der Waals surface area contributed by atoms with Gasteiger partial charge < -0.3 is 28.8 Å². The molecule has 2 heterocycles. The van der Waals surface area contributed by atoms with Crippen molar-refractivity contribution in [1.29, 1.82) is 0 Å². The van der Waals surface area contributed by atoms with Crippen LogP contribution in [-0.2, 0) is 16.1 Å². The number of amides is 2. The summed E-state index contributed by atoms with van der Waals surface area (Å²) in [6.07, 6.45) is 5.76. The van der Waals surface area contributed by atoms with Crippen LogP contribution in [0.3, 0.4) is 0 Å². The quantitative estimate of drug-likeness (QED) is 0.480. The molecule has 2 unspecified atom stereocenters. The molecule has 1 fully saturated rings. The van der Waals surface area contributed by atoms with E-state index in [1.807, 2.05) is 36.4 Å². The van der Waals surface area contributed by atoms with Gasteiger partial charge in [0, 0.05) is 11.6 Å². The third-order valence-electron chi connectivity index (χ3n) is 6.92. The Hall–Kier alpha value is -3.94. The number of furan rings is 1. The second-order valence-corrected chi connectivity index (χ2v) is 9.40. The van der Waals surface area contributed by atoms with Gasteiger partial charge in [-0.15, -0.1) is 0 Å². The predicted molar refractivity (Wildman–Crippen MR) is 136 cm³/mol. The lowest BCUT2D eigenvalue weighted by molar-refractivity contribution is -0.150. The van der Waals surface area contributed by atoms with Crippen molar-refractivity contribution >= 4 is 11.8 Å². The van der Waals surface area contributed by atoms with Crippen LogP contribution in [0.25, 0.3) is 0 Å². The van der Waals surface area contributed by atoms with Gasteiger partial charge in [-0.05, 0) is 43.2 Å². The maximum atomic E-state index is 14.1. The van der Waals surface area contributed by atoms with Gasteiger partial charge in [-0.3, -0.25) is 9.59 Å². The highest BCUT2D eigenvalue weighted by molar-refractivity contribution is 5.90. The van der Waals surface area contributed by atoms with Gasteiger partial charge in [-0.25, -0.2) is 0 Å². The molecule has 2 aliphatic rings. The van der Waals surface area contributed by atoms with Crippen LogP contribution in [0.4, 0.5) is 0 Å². The lowest BCUT2D eigenvalue weighted by Gasteiger charge is -2.35. The summed E-state index contributed by atoms with van der Waals surface area (Å²) in [4.78, 5) is 29.4. The Labute approximate surface area is 216 Å². The van der Waals surface area contributed by atoms with Crippen LogP contribution in [0.1, 0.15) is 49.5 Å². The molecule has 1 aromatic heterocycles. The third kappa shape index (κ3) is 5.58. The molecule has 1 aliphatic carbocycles. The Bertz CT molecular complexity index is 1200. The summed E-state index contributed by atoms with van der Waals surface area (Å²) < 4.78 is 23.2. The first-order chi connectivity index (χ1) is 18.1. The number of benzene rings is 2. The molecule has 2 atom stereocenters. The Morgan fingerprint density at radius 2 is 1.76 bits per heavy atom. The Morgan fingerprint density at radius 1 is 1.00 bits per heavy atom. The summed E-state index contributed by atoms with van der Waals surface area (Å²) in [5.41, 5.74) is 0.762. The number of fused-ring (bicyclic) bond motifs is 1. The van der Waals surface area contributed by atoms with E-state index >= 15 is 0 Å². The molecule has 2 aromatic carbocycles. The molecule has 0 saturated heterocycles. The van der Waals surface area contributed by atoms with Crippen molar-refractivity contribution in [2.75, 3.05) is 13.7 Å². The fourth-order valence-electron chi connectivity index (χ4n) is 5.04. The fraction of sp³-hybridized carbons (Fsp3) is 0.379. The highest BCUT2D eigenvalue weighted by Gasteiger charge is 2.40. The van der Waals surface area contributed by atoms with Crippen LogP contribution in [0.2, 0.25) is 0 Å². The minimum atomic E-state index is -0.991. The Balaban J connectivity index is 1.49. The van der Waals surface area contributed by atoms with Gasteiger partial charge in [-0.2, -0.15) is 0 Å². The number of carbonyl (C=O) groups is 2. The first kappa shape index (κ1) is 24.7. The van der Waals surface area contributed by atoms with Gasteiger partial charge in [0.05, 0.1) is 19.9 Å². The van der Waals surface area contributed by atoms with E-state index in [9.17, 15) is 9.59 Å². The molecule has 0 bridgehead atoms. The van der Waals surface area contributed by atoms with E-state index in [2.05, 4.69) is 5.32 Å². The van der Waals surface area contributed by atoms with E-state index in [0.717, 1.165) is 31.2 Å². The van der Waals surface area contributed by atoms with E-state index in [1.54, 1.807) is 31.4 Å². The summed E-state index contributed by atoms with van der Waals surface area (Å²) in [6, 6.07) is 17.2. The van der Waals surface area contributed by atoms with Gasteiger partial charge in [0.25, 0.3) is 11.8 Å². The normalized spacial score (nSPS) is 18.0. The van der Waals surface area contributed by atoms with Crippen LogP contribution >= 0.6 is 0 Å². The zero-order valence-electron chi connectivity index (χ0n) is 20.9. The number of nitrogens with zero attached hydrogens (tertiary/aromatic N) is 1. The Kier molecular flexibility index (Phi) is 7.63. The largest absolute Gasteiger partial charge is 0.496 e. The lowest BCUT2D eigenvalue weighted by Crippen LogP contribution is -2.52. The van der Waals surface area contributed by atoms with Crippen molar-refractivity contribution in [2.24, 2.45) is 0 Å². The highest BCUT2D eigenvalue weighted by atomic mass is 16.6. The van der Waals surface area contributed by atoms with Crippen molar-refractivity contribution in [3.63, 3.8) is 0 Å². The summed E-state index contributed by atoms with van der Waals surface area (Å²) >= 11 is 0. The molecule has 1 aliphatic heterocycles. The summed E-state index contributed by atoms with van der Waals surface area (Å²) in [5, 5.41) is 3.18. The molecule has 0 radical (unpaired) electrons. The molecule has 8 nitrogen and oxygen atoms in total. The first-order valence-corrected chi connectivity index (χ1v) is 12.8. The molecule has 2 amide bonds. The van der Waals surface area contributed by atoms with E-state index in [4.69, 9.17) is 18.6 Å². The molecular formula is C29H32N2O6. The van der Waals surface area contributed by atoms with Crippen LogP contribution in [-0.4, -0.2) is 42.6 Å². The van der Waals surface area contributed by atoms with Crippen LogP contribution < -0.4 is 19.5 Å². The summed E-state index contributed by atoms with van der Waals surface area (Å²) in [6.45, 7) is 0.154. The number of para-hydroxylation sites is 3. The standard InChI is InChI=1S/C29H32N2O6/c1-34-22-13-6-5-10-20(22)18-31(29(33)26-19-36-23-14-7-8-15-24(23)37-26)27(25-16-9-17-35-25)28(32)30-21-11-3-2-4-12-21/h5-10,13-17,21,26-27H,2-4,11-12,18-19H2,1H3,(H,30,32). The number of ether oxygens (including phenoxy) is 3. The maximum absolute atomic E-state index is 14.1. The van der Waals surface area contributed by atoms with E-state index in [0.29, 0.717) is 23.0 Å². The average Bonchev–Trinajstić information content (AvgIpc) is 3.47. The van der Waals surface area contributed by atoms with Crippen molar-refractivity contribution in [3.05, 3.63) is 78.3 Å². The summed E-state index contributed by atoms with van der Waals surface area (Å²) in [7, 11) is 1.58. The minimum Gasteiger partial charge on any atom is -0.496 e. The molecule has 1 saturated carbocycles. The molecule has 5 rings (SSSR count). The van der Waals surface area contributed by atoms with Gasteiger partial charge in [0.1, 0.15) is 18.1 Å². The van der Waals surface area contributed by atoms with Gasteiger partial charge in [-0.1, -0.05) is 49.6 Å². The number of nitrogens with one attached hydrogen (secondary N) is 1. The zero-order valence-corrected chi connectivity index (χ0v) is 20.9. The van der Waals surface area contributed by atoms with E-state index in [-0.39, 0.29) is 31.0 Å². The third-order valence-corrected chi connectivity index (χ3v) is 6.92. The second-order valence-electron chi connectivity index (χ2n) is 9.40. The number of carbonyl (C=O) groups excluding carboxylic acids is 2. The Morgan fingerprint density at radius 3 is 2.51 bits per heavy atom. The van der Waals surface area contributed by atoms with Crippen molar-refractivity contribution in [2.45, 2.75) is 56.8 Å². The van der Waals surface area contributed by atoms with Crippen LogP contribution in [0, 0.1) is 0 Å². The number of rotatable bonds is 8. The van der Waals surface area contributed by atoms with Gasteiger partial charge in [0.15, 0.2) is 17.5 Å². The molecule has 1 N–H and O–H groups in total. The van der Waals surface area contributed by atoms with Gasteiger partial charge in [0.2, 0.25) is 6.10 Å².